The van der Waals surface area contributed by atoms with Gasteiger partial charge in [0.2, 0.25) is 0 Å². The molecule has 1 atom stereocenters. The van der Waals surface area contributed by atoms with Gasteiger partial charge in [0.1, 0.15) is 0 Å². The monoisotopic (exact) mass is 289 g/mol. The van der Waals surface area contributed by atoms with Crippen molar-refractivity contribution >= 4 is 10.2 Å². The van der Waals surface area contributed by atoms with Gasteiger partial charge in [0.25, 0.3) is 10.2 Å². The maximum atomic E-state index is 12.2. The van der Waals surface area contributed by atoms with Crippen molar-refractivity contribution in [1.29, 1.82) is 0 Å². The van der Waals surface area contributed by atoms with Gasteiger partial charge < -0.3 is 5.32 Å². The van der Waals surface area contributed by atoms with Gasteiger partial charge in [-0.3, -0.25) is 0 Å². The molecule has 6 heteroatoms. The van der Waals surface area contributed by atoms with Crippen molar-refractivity contribution in [3.05, 3.63) is 0 Å². The number of rotatable bonds is 7. The van der Waals surface area contributed by atoms with Gasteiger partial charge in [0.05, 0.1) is 0 Å². The zero-order valence-corrected chi connectivity index (χ0v) is 12.9. The molecule has 1 saturated heterocycles. The summed E-state index contributed by atoms with van der Waals surface area (Å²) in [5.74, 6) is 1.82. The lowest BCUT2D eigenvalue weighted by atomic mass is 9.98. The minimum Gasteiger partial charge on any atom is -0.319 e. The predicted molar refractivity (Wildman–Crippen MR) is 77.0 cm³/mol. The lowest BCUT2D eigenvalue weighted by Gasteiger charge is -2.31. The van der Waals surface area contributed by atoms with E-state index in [2.05, 4.69) is 17.0 Å². The first-order chi connectivity index (χ1) is 9.03. The van der Waals surface area contributed by atoms with Crippen LogP contribution in [0, 0.1) is 17.8 Å². The third kappa shape index (κ3) is 4.41. The van der Waals surface area contributed by atoms with Crippen LogP contribution in [0.25, 0.3) is 0 Å². The topological polar surface area (TPSA) is 61.4 Å². The van der Waals surface area contributed by atoms with Crippen molar-refractivity contribution in [2.24, 2.45) is 17.8 Å². The molecule has 0 aromatic rings. The maximum Gasteiger partial charge on any atom is 0.279 e. The Morgan fingerprint density at radius 3 is 2.37 bits per heavy atom. The van der Waals surface area contributed by atoms with Gasteiger partial charge in [-0.05, 0) is 57.0 Å². The van der Waals surface area contributed by atoms with E-state index < -0.39 is 10.2 Å². The number of nitrogens with one attached hydrogen (secondary N) is 2. The molecular weight excluding hydrogens is 262 g/mol. The Balaban J connectivity index is 1.76. The average molecular weight is 289 g/mol. The molecule has 0 aromatic carbocycles. The molecule has 2 rings (SSSR count). The summed E-state index contributed by atoms with van der Waals surface area (Å²) in [6.07, 6.45) is 4.44. The molecule has 1 heterocycles. The van der Waals surface area contributed by atoms with Crippen LogP contribution in [0.15, 0.2) is 0 Å². The molecule has 2 aliphatic rings. The Morgan fingerprint density at radius 2 is 1.84 bits per heavy atom. The van der Waals surface area contributed by atoms with Crippen LogP contribution >= 0.6 is 0 Å². The van der Waals surface area contributed by atoms with Crippen molar-refractivity contribution < 1.29 is 8.42 Å². The first-order valence-corrected chi connectivity index (χ1v) is 8.86. The van der Waals surface area contributed by atoms with E-state index in [0.717, 1.165) is 25.3 Å². The molecule has 1 aliphatic carbocycles. The van der Waals surface area contributed by atoms with Crippen LogP contribution in [0.5, 0.6) is 0 Å². The van der Waals surface area contributed by atoms with Crippen LogP contribution < -0.4 is 10.0 Å². The summed E-state index contributed by atoms with van der Waals surface area (Å²) in [7, 11) is -1.31. The zero-order chi connectivity index (χ0) is 13.9. The van der Waals surface area contributed by atoms with Gasteiger partial charge in [-0.25, -0.2) is 4.72 Å². The SMILES string of the molecule is CNCC1CCN(S(=O)(=O)NCC(C)C2CC2)CC1. The molecule has 1 unspecified atom stereocenters. The molecule has 2 N–H and O–H groups in total. The van der Waals surface area contributed by atoms with E-state index in [-0.39, 0.29) is 0 Å². The van der Waals surface area contributed by atoms with Crippen molar-refractivity contribution in [2.75, 3.05) is 33.2 Å². The van der Waals surface area contributed by atoms with Gasteiger partial charge in [-0.1, -0.05) is 6.92 Å². The molecule has 0 aromatic heterocycles. The highest BCUT2D eigenvalue weighted by molar-refractivity contribution is 7.87. The van der Waals surface area contributed by atoms with E-state index in [9.17, 15) is 8.42 Å². The van der Waals surface area contributed by atoms with Crippen molar-refractivity contribution in [3.8, 4) is 0 Å². The molecule has 0 amide bonds. The highest BCUT2D eigenvalue weighted by Gasteiger charge is 2.31. The third-order valence-electron chi connectivity index (χ3n) is 4.42. The predicted octanol–water partition coefficient (Wildman–Crippen LogP) is 0.798. The Morgan fingerprint density at radius 1 is 1.21 bits per heavy atom. The molecule has 2 fully saturated rings. The van der Waals surface area contributed by atoms with Crippen molar-refractivity contribution in [3.63, 3.8) is 0 Å². The first-order valence-electron chi connectivity index (χ1n) is 7.42. The fourth-order valence-electron chi connectivity index (χ4n) is 2.80. The second-order valence-electron chi connectivity index (χ2n) is 6.07. The largest absolute Gasteiger partial charge is 0.319 e. The molecule has 0 bridgehead atoms. The lowest BCUT2D eigenvalue weighted by Crippen LogP contribution is -2.46. The van der Waals surface area contributed by atoms with Gasteiger partial charge in [-0.2, -0.15) is 12.7 Å². The van der Waals surface area contributed by atoms with Gasteiger partial charge in [0.15, 0.2) is 0 Å². The van der Waals surface area contributed by atoms with Crippen molar-refractivity contribution in [2.45, 2.75) is 32.6 Å². The van der Waals surface area contributed by atoms with E-state index in [1.165, 1.54) is 12.8 Å². The summed E-state index contributed by atoms with van der Waals surface area (Å²) >= 11 is 0. The average Bonchev–Trinajstić information content (AvgIpc) is 3.21. The third-order valence-corrected chi connectivity index (χ3v) is 6.00. The van der Waals surface area contributed by atoms with Gasteiger partial charge >= 0.3 is 0 Å². The fourth-order valence-corrected chi connectivity index (χ4v) is 4.15. The van der Waals surface area contributed by atoms with E-state index in [1.807, 2.05) is 7.05 Å². The van der Waals surface area contributed by atoms with Crippen LogP contribution in [0.4, 0.5) is 0 Å². The number of nitrogens with zero attached hydrogens (tertiary/aromatic N) is 1. The van der Waals surface area contributed by atoms with E-state index >= 15 is 0 Å². The first kappa shape index (κ1) is 15.2. The molecule has 1 saturated carbocycles. The summed E-state index contributed by atoms with van der Waals surface area (Å²) in [4.78, 5) is 0. The van der Waals surface area contributed by atoms with Crippen LogP contribution in [-0.2, 0) is 10.2 Å². The highest BCUT2D eigenvalue weighted by Crippen LogP contribution is 2.36. The Labute approximate surface area is 117 Å². The zero-order valence-electron chi connectivity index (χ0n) is 12.1. The molecule has 0 radical (unpaired) electrons. The van der Waals surface area contributed by atoms with Crippen LogP contribution in [0.1, 0.15) is 32.6 Å². The smallest absolute Gasteiger partial charge is 0.279 e. The van der Waals surface area contributed by atoms with Crippen LogP contribution in [0.2, 0.25) is 0 Å². The molecule has 19 heavy (non-hydrogen) atoms. The Kier molecular flexibility index (Phi) is 5.22. The molecule has 0 spiro atoms. The lowest BCUT2D eigenvalue weighted by molar-refractivity contribution is 0.267. The fraction of sp³-hybridized carbons (Fsp3) is 1.00. The van der Waals surface area contributed by atoms with E-state index in [1.54, 1.807) is 4.31 Å². The Hall–Kier alpha value is -0.170. The van der Waals surface area contributed by atoms with Gasteiger partial charge in [-0.15, -0.1) is 0 Å². The Bertz CT molecular complexity index is 373. The summed E-state index contributed by atoms with van der Waals surface area (Å²) in [6, 6.07) is 0. The number of piperidine rings is 1. The quantitative estimate of drug-likeness (QED) is 0.729. The minimum absolute atomic E-state index is 0.469. The summed E-state index contributed by atoms with van der Waals surface area (Å²) in [5, 5.41) is 3.17. The normalized spacial score (nSPS) is 24.5. The highest BCUT2D eigenvalue weighted by atomic mass is 32.2. The second-order valence-corrected chi connectivity index (χ2v) is 7.82. The number of hydrogen-bond donors (Lipinski definition) is 2. The van der Waals surface area contributed by atoms with Gasteiger partial charge in [0, 0.05) is 19.6 Å². The molecule has 5 nitrogen and oxygen atoms in total. The minimum atomic E-state index is -3.26. The molecule has 1 aliphatic heterocycles. The van der Waals surface area contributed by atoms with Crippen molar-refractivity contribution in [1.82, 2.24) is 14.3 Å². The van der Waals surface area contributed by atoms with E-state index in [4.69, 9.17) is 0 Å². The number of hydrogen-bond acceptors (Lipinski definition) is 3. The van der Waals surface area contributed by atoms with E-state index in [0.29, 0.717) is 31.5 Å². The summed E-state index contributed by atoms with van der Waals surface area (Å²) < 4.78 is 28.8. The molecule has 112 valence electrons. The standard InChI is InChI=1S/C13H27N3O2S/c1-11(13-3-4-13)9-15-19(17,18)16-7-5-12(6-8-16)10-14-2/h11-15H,3-10H2,1-2H3. The van der Waals surface area contributed by atoms with Crippen LogP contribution in [0.3, 0.4) is 0 Å². The second kappa shape index (κ2) is 6.52. The maximum absolute atomic E-state index is 12.2. The summed E-state index contributed by atoms with van der Waals surface area (Å²) in [5.41, 5.74) is 0. The van der Waals surface area contributed by atoms with Crippen LogP contribution in [-0.4, -0.2) is 45.9 Å². The molecular formula is C13H27N3O2S. The summed E-state index contributed by atoms with van der Waals surface area (Å²) in [6.45, 7) is 5.02.